The molecule has 2 rings (SSSR count). The van der Waals surface area contributed by atoms with E-state index in [4.69, 9.17) is 0 Å². The summed E-state index contributed by atoms with van der Waals surface area (Å²) in [7, 11) is 0. The number of ketones is 1. The van der Waals surface area contributed by atoms with E-state index in [1.54, 1.807) is 6.08 Å². The van der Waals surface area contributed by atoms with Gasteiger partial charge in [0.15, 0.2) is 0 Å². The molecule has 0 saturated heterocycles. The molecule has 3 nitrogen and oxygen atoms in total. The van der Waals surface area contributed by atoms with Gasteiger partial charge in [-0.15, -0.1) is 0 Å². The molecule has 0 aromatic carbocycles. The largest absolute Gasteiger partial charge is 0.317 e. The summed E-state index contributed by atoms with van der Waals surface area (Å²) >= 11 is 0. The predicted octanol–water partition coefficient (Wildman–Crippen LogP) is -0.513. The molecule has 0 atom stereocenters. The highest BCUT2D eigenvalue weighted by atomic mass is 16.1. The molecule has 0 aromatic rings. The predicted molar refractivity (Wildman–Crippen MR) is 32.3 cm³/mol. The molecule has 3 heteroatoms. The third-order valence-corrected chi connectivity index (χ3v) is 1.50. The van der Waals surface area contributed by atoms with E-state index in [0.29, 0.717) is 0 Å². The van der Waals surface area contributed by atoms with E-state index < -0.39 is 0 Å². The minimum atomic E-state index is 0.0787. The summed E-state index contributed by atoms with van der Waals surface area (Å²) in [5.74, 6) is 0.0787. The normalized spacial score (nSPS) is 22.9. The molecule has 0 radical (unpaired) electrons. The molecule has 46 valence electrons. The molecule has 0 saturated carbocycles. The van der Waals surface area contributed by atoms with Crippen LogP contribution in [-0.4, -0.2) is 12.3 Å². The standard InChI is InChI=1S/C6H6N2O/c9-5-2-1-4-3-7-8-6(4)5/h1-2,7-8H,3H2. The molecular formula is C6H6N2O. The molecule has 0 aromatic heterocycles. The van der Waals surface area contributed by atoms with Crippen molar-refractivity contribution in [2.24, 2.45) is 0 Å². The van der Waals surface area contributed by atoms with Crippen LogP contribution in [0.2, 0.25) is 0 Å². The van der Waals surface area contributed by atoms with Gasteiger partial charge in [0.1, 0.15) is 5.70 Å². The van der Waals surface area contributed by atoms with Gasteiger partial charge < -0.3 is 5.43 Å². The Morgan fingerprint density at radius 1 is 1.44 bits per heavy atom. The van der Waals surface area contributed by atoms with Crippen molar-refractivity contribution in [2.45, 2.75) is 0 Å². The van der Waals surface area contributed by atoms with Crippen LogP contribution in [0.25, 0.3) is 0 Å². The molecule has 0 bridgehead atoms. The van der Waals surface area contributed by atoms with Gasteiger partial charge in [0.05, 0.1) is 0 Å². The van der Waals surface area contributed by atoms with Gasteiger partial charge in [-0.25, -0.2) is 5.43 Å². The number of allylic oxidation sites excluding steroid dienone is 1. The number of nitrogens with one attached hydrogen (secondary N) is 2. The lowest BCUT2D eigenvalue weighted by molar-refractivity contribution is -0.111. The van der Waals surface area contributed by atoms with Gasteiger partial charge in [0.25, 0.3) is 0 Å². The fourth-order valence-electron chi connectivity index (χ4n) is 1.02. The Morgan fingerprint density at radius 2 is 2.33 bits per heavy atom. The van der Waals surface area contributed by atoms with E-state index >= 15 is 0 Å². The highest BCUT2D eigenvalue weighted by Crippen LogP contribution is 2.14. The second-order valence-electron chi connectivity index (χ2n) is 2.08. The Morgan fingerprint density at radius 3 is 3.11 bits per heavy atom. The van der Waals surface area contributed by atoms with Crippen LogP contribution in [-0.2, 0) is 4.79 Å². The van der Waals surface area contributed by atoms with Crippen LogP contribution < -0.4 is 10.9 Å². The average molecular weight is 122 g/mol. The SMILES string of the molecule is O=C1C=CC2=C1NNC2. The minimum absolute atomic E-state index is 0.0787. The molecule has 0 fully saturated rings. The third kappa shape index (κ3) is 0.519. The van der Waals surface area contributed by atoms with Crippen molar-refractivity contribution in [2.75, 3.05) is 6.54 Å². The summed E-state index contributed by atoms with van der Waals surface area (Å²) in [6.45, 7) is 0.761. The monoisotopic (exact) mass is 122 g/mol. The van der Waals surface area contributed by atoms with E-state index in [9.17, 15) is 4.79 Å². The van der Waals surface area contributed by atoms with Crippen LogP contribution in [0.15, 0.2) is 23.4 Å². The van der Waals surface area contributed by atoms with Crippen LogP contribution >= 0.6 is 0 Å². The first kappa shape index (κ1) is 4.76. The second-order valence-corrected chi connectivity index (χ2v) is 2.08. The van der Waals surface area contributed by atoms with E-state index in [0.717, 1.165) is 17.8 Å². The first-order chi connectivity index (χ1) is 4.38. The summed E-state index contributed by atoms with van der Waals surface area (Å²) in [5, 5.41) is 0. The van der Waals surface area contributed by atoms with Gasteiger partial charge in [0, 0.05) is 6.54 Å². The molecule has 1 heterocycles. The number of rotatable bonds is 0. The quantitative estimate of drug-likeness (QED) is 0.454. The summed E-state index contributed by atoms with van der Waals surface area (Å²) < 4.78 is 0. The van der Waals surface area contributed by atoms with Gasteiger partial charge in [-0.2, -0.15) is 0 Å². The fraction of sp³-hybridized carbons (Fsp3) is 0.167. The molecule has 0 spiro atoms. The molecule has 2 aliphatic rings. The van der Waals surface area contributed by atoms with E-state index in [1.165, 1.54) is 0 Å². The van der Waals surface area contributed by atoms with Crippen molar-refractivity contribution in [1.29, 1.82) is 0 Å². The smallest absolute Gasteiger partial charge is 0.203 e. The second kappa shape index (κ2) is 1.45. The van der Waals surface area contributed by atoms with Crippen molar-refractivity contribution in [1.82, 2.24) is 10.9 Å². The lowest BCUT2D eigenvalue weighted by atomic mass is 10.3. The Balaban J connectivity index is 2.44. The van der Waals surface area contributed by atoms with Crippen LogP contribution in [0, 0.1) is 0 Å². The first-order valence-electron chi connectivity index (χ1n) is 2.82. The molecule has 2 N–H and O–H groups in total. The van der Waals surface area contributed by atoms with Gasteiger partial charge in [0.2, 0.25) is 5.78 Å². The zero-order valence-electron chi connectivity index (χ0n) is 4.77. The molecule has 0 amide bonds. The zero-order chi connectivity index (χ0) is 6.27. The maximum atomic E-state index is 10.8. The average Bonchev–Trinajstić information content (AvgIpc) is 2.35. The van der Waals surface area contributed by atoms with Crippen LogP contribution in [0.5, 0.6) is 0 Å². The number of hydrazine groups is 1. The van der Waals surface area contributed by atoms with Gasteiger partial charge in [-0.05, 0) is 11.6 Å². The van der Waals surface area contributed by atoms with Crippen LogP contribution in [0.1, 0.15) is 0 Å². The summed E-state index contributed by atoms with van der Waals surface area (Å²) in [4.78, 5) is 10.8. The molecule has 0 unspecified atom stereocenters. The molecule has 1 aliphatic heterocycles. The number of carbonyl (C=O) groups excluding carboxylic acids is 1. The lowest BCUT2D eigenvalue weighted by Crippen LogP contribution is -2.26. The van der Waals surface area contributed by atoms with Crippen molar-refractivity contribution >= 4 is 5.78 Å². The van der Waals surface area contributed by atoms with Crippen molar-refractivity contribution in [3.8, 4) is 0 Å². The van der Waals surface area contributed by atoms with Crippen molar-refractivity contribution in [3.05, 3.63) is 23.4 Å². The molecule has 1 aliphatic carbocycles. The Labute approximate surface area is 52.4 Å². The van der Waals surface area contributed by atoms with E-state index in [-0.39, 0.29) is 5.78 Å². The Kier molecular flexibility index (Phi) is 0.765. The van der Waals surface area contributed by atoms with Crippen LogP contribution in [0.3, 0.4) is 0 Å². The lowest BCUT2D eigenvalue weighted by Gasteiger charge is -1.95. The van der Waals surface area contributed by atoms with Crippen molar-refractivity contribution in [3.63, 3.8) is 0 Å². The van der Waals surface area contributed by atoms with Gasteiger partial charge >= 0.3 is 0 Å². The topological polar surface area (TPSA) is 41.1 Å². The van der Waals surface area contributed by atoms with Gasteiger partial charge in [-0.3, -0.25) is 4.79 Å². The number of hydrogen-bond acceptors (Lipinski definition) is 3. The maximum absolute atomic E-state index is 10.8. The fourth-order valence-corrected chi connectivity index (χ4v) is 1.02. The number of hydrogen-bond donors (Lipinski definition) is 2. The number of carbonyl (C=O) groups is 1. The summed E-state index contributed by atoms with van der Waals surface area (Å²) in [5.41, 5.74) is 7.43. The van der Waals surface area contributed by atoms with E-state index in [2.05, 4.69) is 10.9 Å². The highest BCUT2D eigenvalue weighted by Gasteiger charge is 2.20. The third-order valence-electron chi connectivity index (χ3n) is 1.50. The highest BCUT2D eigenvalue weighted by molar-refractivity contribution is 6.07. The molecule has 9 heavy (non-hydrogen) atoms. The van der Waals surface area contributed by atoms with Gasteiger partial charge in [-0.1, -0.05) is 6.08 Å². The Bertz CT molecular complexity index is 221. The summed E-state index contributed by atoms with van der Waals surface area (Å²) in [6, 6.07) is 0. The maximum Gasteiger partial charge on any atom is 0.203 e. The first-order valence-corrected chi connectivity index (χ1v) is 2.82. The zero-order valence-corrected chi connectivity index (χ0v) is 4.77. The van der Waals surface area contributed by atoms with Crippen molar-refractivity contribution < 1.29 is 4.79 Å². The Hall–Kier alpha value is -1.09. The summed E-state index contributed by atoms with van der Waals surface area (Å²) in [6.07, 6.45) is 3.42. The van der Waals surface area contributed by atoms with E-state index in [1.807, 2.05) is 6.08 Å². The minimum Gasteiger partial charge on any atom is -0.317 e. The molecular weight excluding hydrogens is 116 g/mol. The van der Waals surface area contributed by atoms with Crippen LogP contribution in [0.4, 0.5) is 0 Å².